The smallest absolute Gasteiger partial charge is 0.131 e. The molecule has 0 aliphatic carbocycles. The summed E-state index contributed by atoms with van der Waals surface area (Å²) in [6.45, 7) is 5.17. The summed E-state index contributed by atoms with van der Waals surface area (Å²) in [7, 11) is 1.97. The van der Waals surface area contributed by atoms with Crippen LogP contribution >= 0.6 is 0 Å². The van der Waals surface area contributed by atoms with Gasteiger partial charge in [-0.2, -0.15) is 0 Å². The van der Waals surface area contributed by atoms with E-state index in [1.807, 2.05) is 36.4 Å². The van der Waals surface area contributed by atoms with Crippen molar-refractivity contribution in [1.82, 2.24) is 10.2 Å². The van der Waals surface area contributed by atoms with Gasteiger partial charge in [-0.25, -0.2) is 13.8 Å². The first-order valence-corrected chi connectivity index (χ1v) is 12.9. The van der Waals surface area contributed by atoms with Crippen LogP contribution < -0.4 is 16.0 Å². The van der Waals surface area contributed by atoms with Crippen molar-refractivity contribution in [2.24, 2.45) is 15.7 Å². The Hall–Kier alpha value is -3.14. The number of ether oxygens (including phenoxy) is 1. The Labute approximate surface area is 216 Å². The topological polar surface area (TPSA) is 78.5 Å². The van der Waals surface area contributed by atoms with E-state index in [1.54, 1.807) is 0 Å². The van der Waals surface area contributed by atoms with Gasteiger partial charge in [0, 0.05) is 55.8 Å². The van der Waals surface area contributed by atoms with E-state index in [0.717, 1.165) is 42.9 Å². The Balaban J connectivity index is 1.46. The SMILES string of the molecule is CN1CC(C(C=NC2CCNCC2)=CN)=Nc2c(-c3cc(F)c(CN4CCOCC4)c(F)c3)cccc21. The molecule has 0 unspecified atom stereocenters. The van der Waals surface area contributed by atoms with E-state index in [2.05, 4.69) is 10.2 Å². The van der Waals surface area contributed by atoms with E-state index >= 15 is 8.78 Å². The molecule has 2 aromatic rings. The summed E-state index contributed by atoms with van der Waals surface area (Å²) in [5.41, 5.74) is 10.3. The highest BCUT2D eigenvalue weighted by molar-refractivity contribution is 6.20. The molecular weight excluding hydrogens is 474 g/mol. The first-order chi connectivity index (χ1) is 18.0. The second-order valence-electron chi connectivity index (χ2n) is 9.78. The van der Waals surface area contributed by atoms with Gasteiger partial charge in [-0.3, -0.25) is 9.89 Å². The van der Waals surface area contributed by atoms with Crippen LogP contribution in [-0.4, -0.2) is 75.9 Å². The van der Waals surface area contributed by atoms with Crippen LogP contribution in [0.2, 0.25) is 0 Å². The van der Waals surface area contributed by atoms with Crippen LogP contribution in [0.4, 0.5) is 20.2 Å². The molecule has 0 spiro atoms. The van der Waals surface area contributed by atoms with E-state index in [0.29, 0.717) is 49.7 Å². The summed E-state index contributed by atoms with van der Waals surface area (Å²) in [6.07, 6.45) is 5.33. The van der Waals surface area contributed by atoms with Crippen LogP contribution in [0.25, 0.3) is 11.1 Å². The summed E-state index contributed by atoms with van der Waals surface area (Å²) in [6, 6.07) is 8.80. The molecule has 5 rings (SSSR count). The maximum absolute atomic E-state index is 15.2. The molecule has 2 fully saturated rings. The van der Waals surface area contributed by atoms with E-state index in [4.69, 9.17) is 20.5 Å². The van der Waals surface area contributed by atoms with Crippen molar-refractivity contribution in [2.45, 2.75) is 25.4 Å². The zero-order valence-corrected chi connectivity index (χ0v) is 21.2. The zero-order valence-electron chi connectivity index (χ0n) is 21.2. The Kier molecular flexibility index (Phi) is 7.93. The third-order valence-corrected chi connectivity index (χ3v) is 7.24. The molecule has 2 aromatic carbocycles. The Morgan fingerprint density at radius 3 is 2.62 bits per heavy atom. The number of para-hydroxylation sites is 1. The highest BCUT2D eigenvalue weighted by Crippen LogP contribution is 2.41. The average molecular weight is 509 g/mol. The van der Waals surface area contributed by atoms with E-state index in [1.165, 1.54) is 18.3 Å². The van der Waals surface area contributed by atoms with Crippen LogP contribution in [0.5, 0.6) is 0 Å². The van der Waals surface area contributed by atoms with Crippen LogP contribution in [0.15, 0.2) is 52.1 Å². The number of benzene rings is 2. The van der Waals surface area contributed by atoms with Crippen LogP contribution in [0.3, 0.4) is 0 Å². The number of halogens is 2. The summed E-state index contributed by atoms with van der Waals surface area (Å²) < 4.78 is 35.8. The fourth-order valence-electron chi connectivity index (χ4n) is 5.07. The van der Waals surface area contributed by atoms with Crippen molar-refractivity contribution in [1.29, 1.82) is 0 Å². The maximum atomic E-state index is 15.2. The number of aliphatic imine (C=N–C) groups is 2. The molecule has 3 N–H and O–H groups in total. The molecule has 0 amide bonds. The van der Waals surface area contributed by atoms with Gasteiger partial charge in [0.2, 0.25) is 0 Å². The van der Waals surface area contributed by atoms with E-state index < -0.39 is 11.6 Å². The second kappa shape index (κ2) is 11.5. The third kappa shape index (κ3) is 5.74. The molecular formula is C28H34F2N6O. The number of fused-ring (bicyclic) bond motifs is 1. The molecule has 2 saturated heterocycles. The number of hydrogen-bond acceptors (Lipinski definition) is 7. The first-order valence-electron chi connectivity index (χ1n) is 12.9. The summed E-state index contributed by atoms with van der Waals surface area (Å²) in [5, 5.41) is 3.35. The average Bonchev–Trinajstić information content (AvgIpc) is 2.92. The quantitative estimate of drug-likeness (QED) is 0.583. The minimum atomic E-state index is -0.552. The van der Waals surface area contributed by atoms with Gasteiger partial charge in [-0.15, -0.1) is 0 Å². The van der Waals surface area contributed by atoms with Crippen molar-refractivity contribution >= 4 is 23.3 Å². The Bertz CT molecular complexity index is 1190. The molecule has 0 bridgehead atoms. The third-order valence-electron chi connectivity index (χ3n) is 7.24. The number of nitrogens with zero attached hydrogens (tertiary/aromatic N) is 4. The van der Waals surface area contributed by atoms with Gasteiger partial charge in [-0.1, -0.05) is 12.1 Å². The van der Waals surface area contributed by atoms with Gasteiger partial charge < -0.3 is 20.7 Å². The van der Waals surface area contributed by atoms with E-state index in [-0.39, 0.29) is 18.2 Å². The normalized spacial score (nSPS) is 19.8. The lowest BCUT2D eigenvalue weighted by atomic mass is 9.98. The molecule has 3 heterocycles. The molecule has 196 valence electrons. The highest BCUT2D eigenvalue weighted by Gasteiger charge is 2.24. The molecule has 37 heavy (non-hydrogen) atoms. The molecule has 3 aliphatic heterocycles. The first kappa shape index (κ1) is 25.5. The summed E-state index contributed by atoms with van der Waals surface area (Å²) in [5.74, 6) is -1.10. The van der Waals surface area contributed by atoms with Crippen molar-refractivity contribution in [2.75, 3.05) is 57.9 Å². The van der Waals surface area contributed by atoms with Crippen molar-refractivity contribution in [3.8, 4) is 11.1 Å². The molecule has 0 aromatic heterocycles. The minimum absolute atomic E-state index is 0.0826. The number of piperidine rings is 1. The fourth-order valence-corrected chi connectivity index (χ4v) is 5.07. The number of rotatable bonds is 6. The number of morpholine rings is 1. The second-order valence-corrected chi connectivity index (χ2v) is 9.78. The predicted octanol–water partition coefficient (Wildman–Crippen LogP) is 3.65. The Morgan fingerprint density at radius 2 is 1.92 bits per heavy atom. The number of anilines is 1. The lowest BCUT2D eigenvalue weighted by Gasteiger charge is -2.29. The van der Waals surface area contributed by atoms with Gasteiger partial charge in [0.15, 0.2) is 0 Å². The van der Waals surface area contributed by atoms with Crippen molar-refractivity contribution in [3.05, 3.63) is 59.3 Å². The fraction of sp³-hybridized carbons (Fsp3) is 0.429. The van der Waals surface area contributed by atoms with Crippen LogP contribution in [-0.2, 0) is 11.3 Å². The van der Waals surface area contributed by atoms with Gasteiger partial charge in [-0.05, 0) is 49.7 Å². The van der Waals surface area contributed by atoms with Crippen LogP contribution in [0.1, 0.15) is 18.4 Å². The largest absolute Gasteiger partial charge is 0.404 e. The highest BCUT2D eigenvalue weighted by atomic mass is 19.1. The molecule has 7 nitrogen and oxygen atoms in total. The van der Waals surface area contributed by atoms with Crippen molar-refractivity contribution < 1.29 is 13.5 Å². The number of hydrogen-bond donors (Lipinski definition) is 2. The van der Waals surface area contributed by atoms with Crippen molar-refractivity contribution in [3.63, 3.8) is 0 Å². The molecule has 0 radical (unpaired) electrons. The molecule has 0 atom stereocenters. The predicted molar refractivity (Wildman–Crippen MR) is 145 cm³/mol. The van der Waals surface area contributed by atoms with Crippen LogP contribution in [0, 0.1) is 11.6 Å². The van der Waals surface area contributed by atoms with Gasteiger partial charge in [0.25, 0.3) is 0 Å². The van der Waals surface area contributed by atoms with Gasteiger partial charge in [0.05, 0.1) is 42.9 Å². The van der Waals surface area contributed by atoms with Gasteiger partial charge >= 0.3 is 0 Å². The zero-order chi connectivity index (χ0) is 25.8. The lowest BCUT2D eigenvalue weighted by Crippen LogP contribution is -2.36. The summed E-state index contributed by atoms with van der Waals surface area (Å²) >= 11 is 0. The monoisotopic (exact) mass is 508 g/mol. The molecule has 9 heteroatoms. The number of nitrogens with two attached hydrogens (primary N) is 1. The maximum Gasteiger partial charge on any atom is 0.131 e. The van der Waals surface area contributed by atoms with Gasteiger partial charge in [0.1, 0.15) is 11.6 Å². The molecule has 3 aliphatic rings. The standard InChI is InChI=1S/C28H34F2N6O/c1-35-18-26(20(15-31)16-33-21-5-7-32-8-6-21)34-28-22(3-2-4-27(28)35)19-13-24(29)23(25(30)14-19)17-36-9-11-37-12-10-36/h2-4,13-16,21,32H,5-12,17-18,31H2,1H3. The Morgan fingerprint density at radius 1 is 1.19 bits per heavy atom. The van der Waals surface area contributed by atoms with E-state index in [9.17, 15) is 0 Å². The lowest BCUT2D eigenvalue weighted by molar-refractivity contribution is 0.0332. The minimum Gasteiger partial charge on any atom is -0.404 e. The molecule has 0 saturated carbocycles. The number of nitrogens with one attached hydrogen (secondary N) is 1. The summed E-state index contributed by atoms with van der Waals surface area (Å²) in [4.78, 5) is 13.8.